The van der Waals surface area contributed by atoms with Crippen LogP contribution in [0.25, 0.3) is 22.2 Å². The van der Waals surface area contributed by atoms with Gasteiger partial charge in [-0.3, -0.25) is 0 Å². The highest BCUT2D eigenvalue weighted by molar-refractivity contribution is 5.94. The SMILES string of the molecule is CC1COCCN1c1cc(N)nc(-c2cccc3[nH]ccc23)c1. The summed E-state index contributed by atoms with van der Waals surface area (Å²) in [7, 11) is 0. The molecule has 3 aromatic rings. The highest BCUT2D eigenvalue weighted by atomic mass is 16.5. The summed E-state index contributed by atoms with van der Waals surface area (Å²) in [5.41, 5.74) is 10.3. The van der Waals surface area contributed by atoms with Crippen LogP contribution in [0.15, 0.2) is 42.6 Å². The minimum absolute atomic E-state index is 0.335. The van der Waals surface area contributed by atoms with E-state index in [9.17, 15) is 0 Å². The molecule has 3 heterocycles. The molecule has 3 N–H and O–H groups in total. The Morgan fingerprint density at radius 1 is 1.30 bits per heavy atom. The van der Waals surface area contributed by atoms with Gasteiger partial charge in [-0.2, -0.15) is 0 Å². The molecular weight excluding hydrogens is 288 g/mol. The molecule has 1 unspecified atom stereocenters. The molecule has 1 aliphatic heterocycles. The summed E-state index contributed by atoms with van der Waals surface area (Å²) in [6, 6.07) is 12.7. The fourth-order valence-corrected chi connectivity index (χ4v) is 3.26. The van der Waals surface area contributed by atoms with Crippen LogP contribution in [-0.2, 0) is 4.74 Å². The first-order chi connectivity index (χ1) is 11.2. The van der Waals surface area contributed by atoms with Gasteiger partial charge >= 0.3 is 0 Å². The van der Waals surface area contributed by atoms with Crippen LogP contribution in [0.5, 0.6) is 0 Å². The third-order valence-corrected chi connectivity index (χ3v) is 4.40. The number of nitrogens with one attached hydrogen (secondary N) is 1. The second kappa shape index (κ2) is 5.59. The molecule has 0 amide bonds. The maximum atomic E-state index is 6.09. The first-order valence-corrected chi connectivity index (χ1v) is 7.91. The molecule has 1 atom stereocenters. The predicted octanol–water partition coefficient (Wildman–Crippen LogP) is 3.04. The minimum Gasteiger partial charge on any atom is -0.384 e. The molecule has 5 heteroatoms. The number of H-pyrrole nitrogens is 1. The molecule has 23 heavy (non-hydrogen) atoms. The molecule has 0 radical (unpaired) electrons. The van der Waals surface area contributed by atoms with Crippen molar-refractivity contribution in [3.8, 4) is 11.3 Å². The summed E-state index contributed by atoms with van der Waals surface area (Å²) in [4.78, 5) is 10.1. The smallest absolute Gasteiger partial charge is 0.126 e. The number of aromatic amines is 1. The van der Waals surface area contributed by atoms with Crippen LogP contribution in [0.2, 0.25) is 0 Å². The standard InChI is InChI=1S/C18H20N4O/c1-12-11-23-8-7-22(12)13-9-17(21-18(19)10-13)14-3-2-4-16-15(14)5-6-20-16/h2-6,9-10,12,20H,7-8,11H2,1H3,(H2,19,21). The van der Waals surface area contributed by atoms with E-state index in [1.807, 2.05) is 18.3 Å². The second-order valence-corrected chi connectivity index (χ2v) is 6.00. The monoisotopic (exact) mass is 308 g/mol. The molecule has 0 saturated carbocycles. The van der Waals surface area contributed by atoms with E-state index in [4.69, 9.17) is 10.5 Å². The first kappa shape index (κ1) is 14.1. The number of nitrogen functional groups attached to an aromatic ring is 1. The van der Waals surface area contributed by atoms with Crippen molar-refractivity contribution >= 4 is 22.4 Å². The van der Waals surface area contributed by atoms with Crippen molar-refractivity contribution in [2.24, 2.45) is 0 Å². The maximum absolute atomic E-state index is 6.09. The van der Waals surface area contributed by atoms with Crippen molar-refractivity contribution in [1.29, 1.82) is 0 Å². The fraction of sp³-hybridized carbons (Fsp3) is 0.278. The number of ether oxygens (including phenoxy) is 1. The minimum atomic E-state index is 0.335. The molecule has 1 aliphatic rings. The van der Waals surface area contributed by atoms with E-state index in [1.165, 1.54) is 0 Å². The highest BCUT2D eigenvalue weighted by Crippen LogP contribution is 2.31. The number of benzene rings is 1. The van der Waals surface area contributed by atoms with Crippen molar-refractivity contribution < 1.29 is 4.74 Å². The number of anilines is 2. The molecular formula is C18H20N4O. The fourth-order valence-electron chi connectivity index (χ4n) is 3.26. The Kier molecular flexibility index (Phi) is 3.42. The third-order valence-electron chi connectivity index (χ3n) is 4.40. The Morgan fingerprint density at radius 3 is 3.09 bits per heavy atom. The average Bonchev–Trinajstić information content (AvgIpc) is 3.03. The van der Waals surface area contributed by atoms with Crippen LogP contribution >= 0.6 is 0 Å². The summed E-state index contributed by atoms with van der Waals surface area (Å²) < 4.78 is 5.53. The Bertz CT molecular complexity index is 842. The van der Waals surface area contributed by atoms with E-state index in [0.717, 1.165) is 47.6 Å². The van der Waals surface area contributed by atoms with E-state index in [2.05, 4.69) is 46.1 Å². The maximum Gasteiger partial charge on any atom is 0.126 e. The number of nitrogens with two attached hydrogens (primary N) is 1. The zero-order valence-electron chi connectivity index (χ0n) is 13.1. The molecule has 0 aliphatic carbocycles. The van der Waals surface area contributed by atoms with Crippen molar-refractivity contribution in [3.63, 3.8) is 0 Å². The number of rotatable bonds is 2. The van der Waals surface area contributed by atoms with Gasteiger partial charge < -0.3 is 20.4 Å². The van der Waals surface area contributed by atoms with Gasteiger partial charge in [0, 0.05) is 47.0 Å². The van der Waals surface area contributed by atoms with Crippen molar-refractivity contribution in [2.75, 3.05) is 30.4 Å². The third kappa shape index (κ3) is 2.53. The van der Waals surface area contributed by atoms with E-state index >= 15 is 0 Å². The summed E-state index contributed by atoms with van der Waals surface area (Å²) in [6.45, 7) is 4.53. The van der Waals surface area contributed by atoms with Crippen molar-refractivity contribution in [1.82, 2.24) is 9.97 Å². The molecule has 118 valence electrons. The van der Waals surface area contributed by atoms with Crippen molar-refractivity contribution in [3.05, 3.63) is 42.6 Å². The second-order valence-electron chi connectivity index (χ2n) is 6.00. The molecule has 5 nitrogen and oxygen atoms in total. The van der Waals surface area contributed by atoms with Gasteiger partial charge in [0.1, 0.15) is 5.82 Å². The predicted molar refractivity (Wildman–Crippen MR) is 93.6 cm³/mol. The number of morpholine rings is 1. The number of pyridine rings is 1. The Balaban J connectivity index is 1.82. The zero-order chi connectivity index (χ0) is 15.8. The van der Waals surface area contributed by atoms with Gasteiger partial charge in [0.15, 0.2) is 0 Å². The molecule has 0 spiro atoms. The molecule has 1 aromatic carbocycles. The van der Waals surface area contributed by atoms with Gasteiger partial charge in [-0.25, -0.2) is 4.98 Å². The molecule has 1 fully saturated rings. The number of aromatic nitrogens is 2. The van der Waals surface area contributed by atoms with Crippen LogP contribution in [0, 0.1) is 0 Å². The normalized spacial score (nSPS) is 18.5. The van der Waals surface area contributed by atoms with Gasteiger partial charge in [0.25, 0.3) is 0 Å². The van der Waals surface area contributed by atoms with E-state index in [-0.39, 0.29) is 0 Å². The van der Waals surface area contributed by atoms with Crippen LogP contribution in [0.3, 0.4) is 0 Å². The number of fused-ring (bicyclic) bond motifs is 1. The molecule has 2 aromatic heterocycles. The summed E-state index contributed by atoms with van der Waals surface area (Å²) in [6.07, 6.45) is 1.95. The topological polar surface area (TPSA) is 67.2 Å². The van der Waals surface area contributed by atoms with Crippen LogP contribution < -0.4 is 10.6 Å². The van der Waals surface area contributed by atoms with Gasteiger partial charge in [-0.05, 0) is 25.1 Å². The Morgan fingerprint density at radius 2 is 2.22 bits per heavy atom. The van der Waals surface area contributed by atoms with Crippen LogP contribution in [0.1, 0.15) is 6.92 Å². The average molecular weight is 308 g/mol. The number of hydrogen-bond donors (Lipinski definition) is 2. The highest BCUT2D eigenvalue weighted by Gasteiger charge is 2.20. The van der Waals surface area contributed by atoms with Gasteiger partial charge in [0.05, 0.1) is 18.9 Å². The van der Waals surface area contributed by atoms with E-state index in [1.54, 1.807) is 0 Å². The largest absolute Gasteiger partial charge is 0.384 e. The Labute approximate surface area is 135 Å². The van der Waals surface area contributed by atoms with Crippen LogP contribution in [0.4, 0.5) is 11.5 Å². The summed E-state index contributed by atoms with van der Waals surface area (Å²) in [5.74, 6) is 0.545. The number of nitrogens with zero attached hydrogens (tertiary/aromatic N) is 2. The molecule has 4 rings (SSSR count). The van der Waals surface area contributed by atoms with Gasteiger partial charge in [0.2, 0.25) is 0 Å². The molecule has 1 saturated heterocycles. The van der Waals surface area contributed by atoms with Crippen LogP contribution in [-0.4, -0.2) is 35.8 Å². The van der Waals surface area contributed by atoms with Gasteiger partial charge in [-0.1, -0.05) is 12.1 Å². The first-order valence-electron chi connectivity index (χ1n) is 7.91. The van der Waals surface area contributed by atoms with Gasteiger partial charge in [-0.15, -0.1) is 0 Å². The lowest BCUT2D eigenvalue weighted by atomic mass is 10.1. The summed E-state index contributed by atoms with van der Waals surface area (Å²) >= 11 is 0. The zero-order valence-corrected chi connectivity index (χ0v) is 13.1. The lowest BCUT2D eigenvalue weighted by Crippen LogP contribution is -2.43. The van der Waals surface area contributed by atoms with Crippen molar-refractivity contribution in [2.45, 2.75) is 13.0 Å². The lowest BCUT2D eigenvalue weighted by Gasteiger charge is -2.35. The van der Waals surface area contributed by atoms with E-state index in [0.29, 0.717) is 11.9 Å². The lowest BCUT2D eigenvalue weighted by molar-refractivity contribution is 0.0989. The number of hydrogen-bond acceptors (Lipinski definition) is 4. The Hall–Kier alpha value is -2.53. The summed E-state index contributed by atoms with van der Waals surface area (Å²) in [5, 5.41) is 1.16. The molecule has 0 bridgehead atoms. The van der Waals surface area contributed by atoms with E-state index < -0.39 is 0 Å². The quantitative estimate of drug-likeness (QED) is 0.763.